The van der Waals surface area contributed by atoms with Crippen LogP contribution in [0, 0.1) is 0 Å². The van der Waals surface area contributed by atoms with Crippen LogP contribution in [0.15, 0.2) is 28.3 Å². The van der Waals surface area contributed by atoms with E-state index in [1.165, 1.54) is 24.3 Å². The van der Waals surface area contributed by atoms with Gasteiger partial charge in [-0.05, 0) is 47.2 Å². The second-order valence-corrected chi connectivity index (χ2v) is 6.48. The van der Waals surface area contributed by atoms with Crippen molar-refractivity contribution in [1.29, 1.82) is 0 Å². The van der Waals surface area contributed by atoms with Gasteiger partial charge in [0.05, 0.1) is 5.56 Å². The molecule has 2 aromatic heterocycles. The molecule has 2 heterocycles. The number of amides is 2. The summed E-state index contributed by atoms with van der Waals surface area (Å²) in [5, 5.41) is 8.45. The van der Waals surface area contributed by atoms with Crippen molar-refractivity contribution < 1.29 is 19.1 Å². The standard InChI is InChI=1S/C15H16N2O4S2/c1-9(21-12(18)3-2-10-4-6-22-8-10)14(20)17-15-11(13(16)19)5-7-23-15/h4-9H,2-3H2,1H3,(H2,16,19)(H,17,20)/t9-/m1/s1. The third-order valence-corrected chi connectivity index (χ3v) is 4.60. The first-order valence-corrected chi connectivity index (χ1v) is 8.68. The zero-order valence-electron chi connectivity index (χ0n) is 12.4. The fraction of sp³-hybridized carbons (Fsp3) is 0.267. The Balaban J connectivity index is 1.83. The molecule has 23 heavy (non-hydrogen) atoms. The third-order valence-electron chi connectivity index (χ3n) is 3.04. The molecule has 2 aromatic rings. The molecule has 0 fully saturated rings. The van der Waals surface area contributed by atoms with Crippen molar-refractivity contribution in [3.05, 3.63) is 39.4 Å². The van der Waals surface area contributed by atoms with E-state index in [4.69, 9.17) is 10.5 Å². The van der Waals surface area contributed by atoms with Gasteiger partial charge in [-0.25, -0.2) is 0 Å². The van der Waals surface area contributed by atoms with E-state index in [0.717, 1.165) is 5.56 Å². The molecule has 6 nitrogen and oxygen atoms in total. The van der Waals surface area contributed by atoms with Crippen LogP contribution in [0.1, 0.15) is 29.3 Å². The second kappa shape index (κ2) is 7.89. The molecular formula is C15H16N2O4S2. The number of esters is 1. The van der Waals surface area contributed by atoms with Crippen LogP contribution in [0.4, 0.5) is 5.00 Å². The average molecular weight is 352 g/mol. The average Bonchev–Trinajstić information content (AvgIpc) is 3.16. The summed E-state index contributed by atoms with van der Waals surface area (Å²) in [7, 11) is 0. The molecule has 0 aromatic carbocycles. The van der Waals surface area contributed by atoms with Crippen molar-refractivity contribution in [2.45, 2.75) is 25.9 Å². The van der Waals surface area contributed by atoms with Gasteiger partial charge in [0.15, 0.2) is 6.10 Å². The van der Waals surface area contributed by atoms with Gasteiger partial charge in [-0.2, -0.15) is 11.3 Å². The number of carbonyl (C=O) groups is 3. The lowest BCUT2D eigenvalue weighted by molar-refractivity contribution is -0.153. The van der Waals surface area contributed by atoms with Gasteiger partial charge in [-0.15, -0.1) is 11.3 Å². The zero-order valence-corrected chi connectivity index (χ0v) is 14.0. The zero-order chi connectivity index (χ0) is 16.8. The quantitative estimate of drug-likeness (QED) is 0.748. The van der Waals surface area contributed by atoms with Crippen LogP contribution in [-0.2, 0) is 20.7 Å². The van der Waals surface area contributed by atoms with Gasteiger partial charge in [0.2, 0.25) is 0 Å². The summed E-state index contributed by atoms with van der Waals surface area (Å²) in [6, 6.07) is 3.47. The van der Waals surface area contributed by atoms with Crippen LogP contribution in [-0.4, -0.2) is 23.9 Å². The summed E-state index contributed by atoms with van der Waals surface area (Å²) in [6.07, 6.45) is -0.166. The number of hydrogen-bond acceptors (Lipinski definition) is 6. The lowest BCUT2D eigenvalue weighted by atomic mass is 10.2. The van der Waals surface area contributed by atoms with E-state index in [1.807, 2.05) is 16.8 Å². The Morgan fingerprint density at radius 1 is 1.30 bits per heavy atom. The first-order chi connectivity index (χ1) is 11.0. The smallest absolute Gasteiger partial charge is 0.306 e. The van der Waals surface area contributed by atoms with Crippen molar-refractivity contribution in [2.24, 2.45) is 5.73 Å². The molecule has 8 heteroatoms. The molecule has 122 valence electrons. The molecule has 2 rings (SSSR count). The molecule has 2 amide bonds. The van der Waals surface area contributed by atoms with E-state index in [9.17, 15) is 14.4 Å². The number of rotatable bonds is 7. The monoisotopic (exact) mass is 352 g/mol. The van der Waals surface area contributed by atoms with Crippen molar-refractivity contribution >= 4 is 45.5 Å². The molecule has 0 unspecified atom stereocenters. The van der Waals surface area contributed by atoms with Crippen LogP contribution in [0.2, 0.25) is 0 Å². The molecule has 0 aliphatic carbocycles. The molecule has 0 aliphatic heterocycles. The number of thiophene rings is 2. The Hall–Kier alpha value is -2.19. The van der Waals surface area contributed by atoms with E-state index in [-0.39, 0.29) is 12.0 Å². The number of aryl methyl sites for hydroxylation is 1. The summed E-state index contributed by atoms with van der Waals surface area (Å²) < 4.78 is 5.10. The van der Waals surface area contributed by atoms with Crippen LogP contribution in [0.3, 0.4) is 0 Å². The van der Waals surface area contributed by atoms with Crippen LogP contribution < -0.4 is 11.1 Å². The lowest BCUT2D eigenvalue weighted by Crippen LogP contribution is -2.30. The van der Waals surface area contributed by atoms with Crippen LogP contribution in [0.5, 0.6) is 0 Å². The third kappa shape index (κ3) is 4.90. The second-order valence-electron chi connectivity index (χ2n) is 4.78. The van der Waals surface area contributed by atoms with Gasteiger partial charge < -0.3 is 15.8 Å². The van der Waals surface area contributed by atoms with Gasteiger partial charge >= 0.3 is 5.97 Å². The van der Waals surface area contributed by atoms with Gasteiger partial charge in [0.1, 0.15) is 5.00 Å². The van der Waals surface area contributed by atoms with E-state index in [1.54, 1.807) is 16.7 Å². The van der Waals surface area contributed by atoms with Gasteiger partial charge in [-0.1, -0.05) is 0 Å². The van der Waals surface area contributed by atoms with Gasteiger partial charge in [0.25, 0.3) is 11.8 Å². The maximum Gasteiger partial charge on any atom is 0.306 e. The SMILES string of the molecule is C[C@@H](OC(=O)CCc1ccsc1)C(=O)Nc1sccc1C(N)=O. The molecule has 0 saturated heterocycles. The summed E-state index contributed by atoms with van der Waals surface area (Å²) in [5.74, 6) is -1.57. The Labute approximate surface area is 141 Å². The number of nitrogens with two attached hydrogens (primary N) is 1. The van der Waals surface area contributed by atoms with E-state index >= 15 is 0 Å². The summed E-state index contributed by atoms with van der Waals surface area (Å²) in [5.41, 5.74) is 6.51. The van der Waals surface area contributed by atoms with Crippen molar-refractivity contribution in [3.63, 3.8) is 0 Å². The van der Waals surface area contributed by atoms with Gasteiger partial charge in [-0.3, -0.25) is 14.4 Å². The molecule has 1 atom stereocenters. The molecule has 0 bridgehead atoms. The van der Waals surface area contributed by atoms with Crippen molar-refractivity contribution in [1.82, 2.24) is 0 Å². The number of hydrogen-bond donors (Lipinski definition) is 2. The number of ether oxygens (including phenoxy) is 1. The number of carbonyl (C=O) groups excluding carboxylic acids is 3. The topological polar surface area (TPSA) is 98.5 Å². The maximum absolute atomic E-state index is 12.0. The number of primary amides is 1. The molecular weight excluding hydrogens is 336 g/mol. The van der Waals surface area contributed by atoms with E-state index in [0.29, 0.717) is 11.4 Å². The summed E-state index contributed by atoms with van der Waals surface area (Å²) >= 11 is 2.74. The van der Waals surface area contributed by atoms with E-state index < -0.39 is 23.9 Å². The fourth-order valence-corrected chi connectivity index (χ4v) is 3.30. The Morgan fingerprint density at radius 2 is 2.09 bits per heavy atom. The number of anilines is 1. The van der Waals surface area contributed by atoms with Crippen LogP contribution in [0.25, 0.3) is 0 Å². The highest BCUT2D eigenvalue weighted by atomic mass is 32.1. The fourth-order valence-electron chi connectivity index (χ4n) is 1.80. The first kappa shape index (κ1) is 17.2. The number of nitrogens with one attached hydrogen (secondary N) is 1. The Bertz CT molecular complexity index is 694. The molecule has 0 spiro atoms. The predicted molar refractivity (Wildman–Crippen MR) is 89.7 cm³/mol. The van der Waals surface area contributed by atoms with Crippen molar-refractivity contribution in [2.75, 3.05) is 5.32 Å². The Kier molecular flexibility index (Phi) is 5.89. The minimum atomic E-state index is -0.951. The highest BCUT2D eigenvalue weighted by molar-refractivity contribution is 7.14. The normalized spacial score (nSPS) is 11.7. The lowest BCUT2D eigenvalue weighted by Gasteiger charge is -2.13. The largest absolute Gasteiger partial charge is 0.453 e. The van der Waals surface area contributed by atoms with Crippen molar-refractivity contribution in [3.8, 4) is 0 Å². The molecule has 0 saturated carbocycles. The minimum Gasteiger partial charge on any atom is -0.453 e. The van der Waals surface area contributed by atoms with Crippen LogP contribution >= 0.6 is 22.7 Å². The predicted octanol–water partition coefficient (Wildman–Crippen LogP) is 2.41. The molecule has 0 radical (unpaired) electrons. The van der Waals surface area contributed by atoms with E-state index in [2.05, 4.69) is 5.32 Å². The summed E-state index contributed by atoms with van der Waals surface area (Å²) in [6.45, 7) is 1.48. The van der Waals surface area contributed by atoms with Gasteiger partial charge in [0, 0.05) is 6.42 Å². The summed E-state index contributed by atoms with van der Waals surface area (Å²) in [4.78, 5) is 35.0. The minimum absolute atomic E-state index is 0.208. The molecule has 0 aliphatic rings. The maximum atomic E-state index is 12.0. The molecule has 3 N–H and O–H groups in total. The Morgan fingerprint density at radius 3 is 2.74 bits per heavy atom. The first-order valence-electron chi connectivity index (χ1n) is 6.86. The highest BCUT2D eigenvalue weighted by Crippen LogP contribution is 2.23. The highest BCUT2D eigenvalue weighted by Gasteiger charge is 2.20.